The van der Waals surface area contributed by atoms with Crippen LogP contribution in [0.15, 0.2) is 30.5 Å². The number of benzene rings is 1. The molecule has 0 bridgehead atoms. The van der Waals surface area contributed by atoms with Gasteiger partial charge in [-0.15, -0.1) is 0 Å². The SMILES string of the molecule is CCCCCOCC(=O)Nc1ccc2c(ccn2CC(=O)O)c1. The lowest BCUT2D eigenvalue weighted by Gasteiger charge is -2.07. The van der Waals surface area contributed by atoms with Gasteiger partial charge in [-0.3, -0.25) is 9.59 Å². The number of rotatable bonds is 9. The van der Waals surface area contributed by atoms with Crippen molar-refractivity contribution in [3.05, 3.63) is 30.5 Å². The van der Waals surface area contributed by atoms with Gasteiger partial charge in [0.25, 0.3) is 0 Å². The van der Waals surface area contributed by atoms with Crippen LogP contribution in [-0.4, -0.2) is 34.8 Å². The molecule has 0 aliphatic heterocycles. The van der Waals surface area contributed by atoms with Crippen molar-refractivity contribution in [2.24, 2.45) is 0 Å². The van der Waals surface area contributed by atoms with Crippen LogP contribution < -0.4 is 5.32 Å². The zero-order valence-electron chi connectivity index (χ0n) is 13.2. The molecule has 0 aliphatic carbocycles. The third kappa shape index (κ3) is 5.10. The van der Waals surface area contributed by atoms with Gasteiger partial charge in [-0.25, -0.2) is 0 Å². The molecule has 6 nitrogen and oxygen atoms in total. The Morgan fingerprint density at radius 1 is 1.26 bits per heavy atom. The van der Waals surface area contributed by atoms with Gasteiger partial charge in [-0.05, 0) is 30.7 Å². The summed E-state index contributed by atoms with van der Waals surface area (Å²) in [6.45, 7) is 2.67. The fourth-order valence-corrected chi connectivity index (χ4v) is 2.38. The largest absolute Gasteiger partial charge is 0.480 e. The van der Waals surface area contributed by atoms with E-state index in [2.05, 4.69) is 12.2 Å². The summed E-state index contributed by atoms with van der Waals surface area (Å²) in [5, 5.41) is 12.5. The molecule has 2 aromatic rings. The normalized spacial score (nSPS) is 10.8. The number of carboxylic acids is 1. The summed E-state index contributed by atoms with van der Waals surface area (Å²) >= 11 is 0. The minimum atomic E-state index is -0.889. The van der Waals surface area contributed by atoms with Crippen LogP contribution in [0.4, 0.5) is 5.69 Å². The number of aliphatic carboxylic acids is 1. The number of hydrogen-bond acceptors (Lipinski definition) is 3. The Hall–Kier alpha value is -2.34. The Morgan fingerprint density at radius 2 is 2.09 bits per heavy atom. The fraction of sp³-hybridized carbons (Fsp3) is 0.412. The molecule has 1 amide bonds. The van der Waals surface area contributed by atoms with Crippen molar-refractivity contribution in [2.45, 2.75) is 32.7 Å². The van der Waals surface area contributed by atoms with Crippen molar-refractivity contribution in [3.8, 4) is 0 Å². The third-order valence-corrected chi connectivity index (χ3v) is 3.49. The topological polar surface area (TPSA) is 80.6 Å². The van der Waals surface area contributed by atoms with Gasteiger partial charge in [0.05, 0.1) is 0 Å². The van der Waals surface area contributed by atoms with E-state index in [0.29, 0.717) is 12.3 Å². The van der Waals surface area contributed by atoms with Crippen LogP contribution in [-0.2, 0) is 20.9 Å². The van der Waals surface area contributed by atoms with Crippen LogP contribution >= 0.6 is 0 Å². The number of aromatic nitrogens is 1. The molecule has 23 heavy (non-hydrogen) atoms. The molecule has 1 aromatic carbocycles. The Balaban J connectivity index is 1.91. The molecule has 0 fully saturated rings. The van der Waals surface area contributed by atoms with Gasteiger partial charge < -0.3 is 19.7 Å². The Kier molecular flexibility index (Phi) is 6.17. The van der Waals surface area contributed by atoms with Crippen molar-refractivity contribution in [1.82, 2.24) is 4.57 Å². The monoisotopic (exact) mass is 318 g/mol. The van der Waals surface area contributed by atoms with Gasteiger partial charge in [0.1, 0.15) is 13.2 Å². The van der Waals surface area contributed by atoms with Crippen molar-refractivity contribution < 1.29 is 19.4 Å². The average molecular weight is 318 g/mol. The number of anilines is 1. The highest BCUT2D eigenvalue weighted by Gasteiger charge is 2.07. The van der Waals surface area contributed by atoms with E-state index in [-0.39, 0.29) is 19.1 Å². The molecule has 0 atom stereocenters. The molecule has 0 unspecified atom stereocenters. The summed E-state index contributed by atoms with van der Waals surface area (Å²) in [6.07, 6.45) is 4.91. The maximum Gasteiger partial charge on any atom is 0.323 e. The zero-order valence-corrected chi connectivity index (χ0v) is 13.2. The van der Waals surface area contributed by atoms with E-state index in [4.69, 9.17) is 9.84 Å². The van der Waals surface area contributed by atoms with Gasteiger partial charge in [-0.2, -0.15) is 0 Å². The molecule has 0 aliphatic rings. The standard InChI is InChI=1S/C17H22N2O4/c1-2-3-4-9-23-12-16(20)18-14-5-6-15-13(10-14)7-8-19(15)11-17(21)22/h5-8,10H,2-4,9,11-12H2,1H3,(H,18,20)(H,21,22). The highest BCUT2D eigenvalue weighted by atomic mass is 16.5. The number of nitrogens with zero attached hydrogens (tertiary/aromatic N) is 1. The number of unbranched alkanes of at least 4 members (excludes halogenated alkanes) is 2. The van der Waals surface area contributed by atoms with E-state index in [1.54, 1.807) is 22.9 Å². The number of nitrogens with one attached hydrogen (secondary N) is 1. The number of amides is 1. The molecule has 2 N–H and O–H groups in total. The average Bonchev–Trinajstić information content (AvgIpc) is 2.89. The van der Waals surface area contributed by atoms with Crippen LogP contribution in [0.3, 0.4) is 0 Å². The van der Waals surface area contributed by atoms with E-state index in [9.17, 15) is 9.59 Å². The van der Waals surface area contributed by atoms with Crippen LogP contribution in [0.1, 0.15) is 26.2 Å². The zero-order chi connectivity index (χ0) is 16.7. The Labute approximate surface area is 135 Å². The molecule has 2 rings (SSSR count). The first-order valence-corrected chi connectivity index (χ1v) is 7.78. The predicted molar refractivity (Wildman–Crippen MR) is 88.5 cm³/mol. The number of carbonyl (C=O) groups excluding carboxylic acids is 1. The number of carboxylic acid groups (broad SMARTS) is 1. The summed E-state index contributed by atoms with van der Waals surface area (Å²) in [4.78, 5) is 22.6. The second-order valence-electron chi connectivity index (χ2n) is 5.42. The minimum Gasteiger partial charge on any atom is -0.480 e. The molecule has 1 aromatic heterocycles. The van der Waals surface area contributed by atoms with Crippen molar-refractivity contribution in [2.75, 3.05) is 18.5 Å². The molecule has 0 saturated carbocycles. The molecule has 0 spiro atoms. The summed E-state index contributed by atoms with van der Waals surface area (Å²) in [6, 6.07) is 7.21. The molecule has 0 saturated heterocycles. The van der Waals surface area contributed by atoms with Gasteiger partial charge >= 0.3 is 5.97 Å². The van der Waals surface area contributed by atoms with Crippen LogP contribution in [0.25, 0.3) is 10.9 Å². The number of fused-ring (bicyclic) bond motifs is 1. The lowest BCUT2D eigenvalue weighted by atomic mass is 10.2. The Bertz CT molecular complexity index is 678. The summed E-state index contributed by atoms with van der Waals surface area (Å²) in [7, 11) is 0. The molecule has 1 heterocycles. The van der Waals surface area contributed by atoms with Crippen molar-refractivity contribution in [1.29, 1.82) is 0 Å². The summed E-state index contributed by atoms with van der Waals surface area (Å²) in [5.74, 6) is -1.08. The second kappa shape index (κ2) is 8.33. The van der Waals surface area contributed by atoms with Gasteiger partial charge in [0.2, 0.25) is 5.91 Å². The first-order chi connectivity index (χ1) is 11.1. The first kappa shape index (κ1) is 17.0. The van der Waals surface area contributed by atoms with Crippen LogP contribution in [0.5, 0.6) is 0 Å². The maximum atomic E-state index is 11.8. The van der Waals surface area contributed by atoms with Crippen molar-refractivity contribution in [3.63, 3.8) is 0 Å². The molecule has 0 radical (unpaired) electrons. The lowest BCUT2D eigenvalue weighted by molar-refractivity contribution is -0.137. The summed E-state index contributed by atoms with van der Waals surface area (Å²) in [5.41, 5.74) is 1.49. The van der Waals surface area contributed by atoms with Gasteiger partial charge in [0, 0.05) is 29.4 Å². The highest BCUT2D eigenvalue weighted by molar-refractivity contribution is 5.94. The van der Waals surface area contributed by atoms with E-state index in [1.807, 2.05) is 12.1 Å². The van der Waals surface area contributed by atoms with Gasteiger partial charge in [-0.1, -0.05) is 19.8 Å². The van der Waals surface area contributed by atoms with Crippen molar-refractivity contribution >= 4 is 28.5 Å². The van der Waals surface area contributed by atoms with Gasteiger partial charge in [0.15, 0.2) is 0 Å². The third-order valence-electron chi connectivity index (χ3n) is 3.49. The quantitative estimate of drug-likeness (QED) is 0.697. The number of ether oxygens (including phenoxy) is 1. The maximum absolute atomic E-state index is 11.8. The molecular formula is C17H22N2O4. The summed E-state index contributed by atoms with van der Waals surface area (Å²) < 4.78 is 6.98. The van der Waals surface area contributed by atoms with E-state index < -0.39 is 5.97 Å². The molecule has 6 heteroatoms. The second-order valence-corrected chi connectivity index (χ2v) is 5.42. The first-order valence-electron chi connectivity index (χ1n) is 7.78. The lowest BCUT2D eigenvalue weighted by Crippen LogP contribution is -2.18. The van der Waals surface area contributed by atoms with E-state index in [0.717, 1.165) is 30.2 Å². The van der Waals surface area contributed by atoms with E-state index >= 15 is 0 Å². The predicted octanol–water partition coefficient (Wildman–Crippen LogP) is 2.87. The fourth-order valence-electron chi connectivity index (χ4n) is 2.38. The number of carbonyl (C=O) groups is 2. The smallest absolute Gasteiger partial charge is 0.323 e. The Morgan fingerprint density at radius 3 is 2.83 bits per heavy atom. The minimum absolute atomic E-state index is 0.0434. The highest BCUT2D eigenvalue weighted by Crippen LogP contribution is 2.20. The molecule has 124 valence electrons. The van der Waals surface area contributed by atoms with Crippen LogP contribution in [0, 0.1) is 0 Å². The van der Waals surface area contributed by atoms with Crippen LogP contribution in [0.2, 0.25) is 0 Å². The number of hydrogen-bond donors (Lipinski definition) is 2. The van der Waals surface area contributed by atoms with E-state index in [1.165, 1.54) is 0 Å². The molecular weight excluding hydrogens is 296 g/mol.